The van der Waals surface area contributed by atoms with Crippen molar-refractivity contribution in [1.82, 2.24) is 5.32 Å². The third-order valence-electron chi connectivity index (χ3n) is 4.44. The van der Waals surface area contributed by atoms with Crippen molar-refractivity contribution in [2.75, 3.05) is 13.4 Å². The van der Waals surface area contributed by atoms with Gasteiger partial charge in [0.05, 0.1) is 6.61 Å². The minimum Gasteiger partial charge on any atom is -0.493 e. The maximum atomic E-state index is 12.3. The fourth-order valence-corrected chi connectivity index (χ4v) is 3.18. The van der Waals surface area contributed by atoms with Crippen LogP contribution in [0.2, 0.25) is 0 Å². The van der Waals surface area contributed by atoms with Crippen molar-refractivity contribution in [2.45, 2.75) is 25.3 Å². The summed E-state index contributed by atoms with van der Waals surface area (Å²) >= 11 is 0. The van der Waals surface area contributed by atoms with Crippen LogP contribution in [0.15, 0.2) is 42.5 Å². The molecule has 2 aliphatic heterocycles. The van der Waals surface area contributed by atoms with Gasteiger partial charge in [-0.15, -0.1) is 0 Å². The van der Waals surface area contributed by atoms with Gasteiger partial charge in [-0.25, -0.2) is 0 Å². The van der Waals surface area contributed by atoms with Crippen LogP contribution in [-0.4, -0.2) is 19.3 Å². The smallest absolute Gasteiger partial charge is 0.231 e. The molecule has 1 amide bonds. The molecule has 1 atom stereocenters. The Labute approximate surface area is 140 Å². The van der Waals surface area contributed by atoms with Gasteiger partial charge in [-0.2, -0.15) is 0 Å². The molecular formula is C19H19NO4. The maximum absolute atomic E-state index is 12.3. The second-order valence-corrected chi connectivity index (χ2v) is 6.04. The number of para-hydroxylation sites is 1. The van der Waals surface area contributed by atoms with Crippen LogP contribution in [-0.2, 0) is 11.3 Å². The Morgan fingerprint density at radius 3 is 2.88 bits per heavy atom. The Kier molecular flexibility index (Phi) is 3.99. The summed E-state index contributed by atoms with van der Waals surface area (Å²) < 4.78 is 16.3. The van der Waals surface area contributed by atoms with E-state index in [4.69, 9.17) is 14.2 Å². The first-order valence-electron chi connectivity index (χ1n) is 8.16. The van der Waals surface area contributed by atoms with Gasteiger partial charge in [0, 0.05) is 13.0 Å². The summed E-state index contributed by atoms with van der Waals surface area (Å²) in [7, 11) is 0. The molecule has 1 unspecified atom stereocenters. The normalized spacial score (nSPS) is 17.8. The molecule has 4 rings (SSSR count). The summed E-state index contributed by atoms with van der Waals surface area (Å²) in [5.41, 5.74) is 2.13. The highest BCUT2D eigenvalue weighted by Gasteiger charge is 2.23. The van der Waals surface area contributed by atoms with Crippen LogP contribution in [0.4, 0.5) is 0 Å². The van der Waals surface area contributed by atoms with Gasteiger partial charge in [-0.05, 0) is 41.7 Å². The maximum Gasteiger partial charge on any atom is 0.231 e. The number of fused-ring (bicyclic) bond motifs is 2. The molecule has 0 saturated carbocycles. The number of hydrogen-bond acceptors (Lipinski definition) is 4. The molecule has 0 saturated heterocycles. The van der Waals surface area contributed by atoms with E-state index in [1.54, 1.807) is 0 Å². The second-order valence-electron chi connectivity index (χ2n) is 6.04. The zero-order chi connectivity index (χ0) is 16.4. The Morgan fingerprint density at radius 2 is 1.92 bits per heavy atom. The number of amides is 1. The number of rotatable bonds is 4. The van der Waals surface area contributed by atoms with Gasteiger partial charge in [-0.1, -0.05) is 24.3 Å². The van der Waals surface area contributed by atoms with Crippen molar-refractivity contribution in [3.05, 3.63) is 53.6 Å². The van der Waals surface area contributed by atoms with E-state index in [-0.39, 0.29) is 18.6 Å². The van der Waals surface area contributed by atoms with E-state index in [1.807, 2.05) is 42.5 Å². The molecule has 5 heteroatoms. The van der Waals surface area contributed by atoms with Crippen LogP contribution >= 0.6 is 0 Å². The van der Waals surface area contributed by atoms with Crippen molar-refractivity contribution < 1.29 is 19.0 Å². The molecule has 0 fully saturated rings. The summed E-state index contributed by atoms with van der Waals surface area (Å²) in [6, 6.07) is 13.7. The van der Waals surface area contributed by atoms with Crippen LogP contribution < -0.4 is 19.5 Å². The van der Waals surface area contributed by atoms with Crippen LogP contribution in [0.5, 0.6) is 17.2 Å². The Hall–Kier alpha value is -2.69. The molecule has 0 aromatic heterocycles. The van der Waals surface area contributed by atoms with Gasteiger partial charge in [0.1, 0.15) is 5.75 Å². The average Bonchev–Trinajstić information content (AvgIpc) is 3.08. The van der Waals surface area contributed by atoms with Gasteiger partial charge in [0.15, 0.2) is 11.5 Å². The van der Waals surface area contributed by atoms with Gasteiger partial charge in [-0.3, -0.25) is 4.79 Å². The molecule has 0 radical (unpaired) electrons. The van der Waals surface area contributed by atoms with Crippen molar-refractivity contribution in [1.29, 1.82) is 0 Å². The highest BCUT2D eigenvalue weighted by atomic mass is 16.7. The summed E-state index contributed by atoms with van der Waals surface area (Å²) in [6.45, 7) is 1.41. The molecule has 1 N–H and O–H groups in total. The first-order chi connectivity index (χ1) is 11.8. The highest BCUT2D eigenvalue weighted by Crippen LogP contribution is 2.35. The first-order valence-corrected chi connectivity index (χ1v) is 8.16. The van der Waals surface area contributed by atoms with Crippen LogP contribution in [0.1, 0.15) is 29.9 Å². The van der Waals surface area contributed by atoms with E-state index >= 15 is 0 Å². The zero-order valence-corrected chi connectivity index (χ0v) is 13.3. The topological polar surface area (TPSA) is 56.8 Å². The fourth-order valence-electron chi connectivity index (χ4n) is 3.18. The molecule has 124 valence electrons. The monoisotopic (exact) mass is 325 g/mol. The summed E-state index contributed by atoms with van der Waals surface area (Å²) in [6.07, 6.45) is 1.35. The Bertz CT molecular complexity index is 759. The van der Waals surface area contributed by atoms with E-state index in [0.717, 1.165) is 34.8 Å². The van der Waals surface area contributed by atoms with E-state index < -0.39 is 0 Å². The molecule has 2 aliphatic rings. The predicted octanol–water partition coefficient (Wildman–Crippen LogP) is 2.99. The third kappa shape index (κ3) is 3.02. The summed E-state index contributed by atoms with van der Waals surface area (Å²) in [5.74, 6) is 2.65. The van der Waals surface area contributed by atoms with Crippen molar-refractivity contribution in [3.8, 4) is 17.2 Å². The van der Waals surface area contributed by atoms with E-state index in [0.29, 0.717) is 19.6 Å². The lowest BCUT2D eigenvalue weighted by Crippen LogP contribution is -2.26. The first kappa shape index (κ1) is 14.9. The quantitative estimate of drug-likeness (QED) is 0.939. The number of nitrogens with one attached hydrogen (secondary N) is 1. The summed E-state index contributed by atoms with van der Waals surface area (Å²) in [5, 5.41) is 2.99. The van der Waals surface area contributed by atoms with E-state index in [1.165, 1.54) is 0 Å². The predicted molar refractivity (Wildman–Crippen MR) is 88.3 cm³/mol. The van der Waals surface area contributed by atoms with E-state index in [9.17, 15) is 4.79 Å². The molecular weight excluding hydrogens is 306 g/mol. The molecule has 2 aromatic rings. The van der Waals surface area contributed by atoms with E-state index in [2.05, 4.69) is 5.32 Å². The number of carbonyl (C=O) groups is 1. The zero-order valence-electron chi connectivity index (χ0n) is 13.3. The number of hydrogen-bond donors (Lipinski definition) is 1. The molecule has 5 nitrogen and oxygen atoms in total. The van der Waals surface area contributed by atoms with Gasteiger partial charge < -0.3 is 19.5 Å². The SMILES string of the molecule is O=C(CC1CCOc2ccccc21)NCc1ccc2c(c1)OCO2. The number of ether oxygens (including phenoxy) is 3. The molecule has 2 aromatic carbocycles. The van der Waals surface area contributed by atoms with Crippen molar-refractivity contribution in [3.63, 3.8) is 0 Å². The highest BCUT2D eigenvalue weighted by molar-refractivity contribution is 5.77. The Morgan fingerprint density at radius 1 is 1.04 bits per heavy atom. The lowest BCUT2D eigenvalue weighted by atomic mass is 9.90. The lowest BCUT2D eigenvalue weighted by molar-refractivity contribution is -0.121. The molecule has 0 spiro atoms. The molecule has 24 heavy (non-hydrogen) atoms. The standard InChI is InChI=1S/C19H19NO4/c21-19(10-14-7-8-22-16-4-2-1-3-15(14)16)20-11-13-5-6-17-18(9-13)24-12-23-17/h1-6,9,14H,7-8,10-12H2,(H,20,21). The van der Waals surface area contributed by atoms with Crippen LogP contribution in [0, 0.1) is 0 Å². The summed E-state index contributed by atoms with van der Waals surface area (Å²) in [4.78, 5) is 12.3. The van der Waals surface area contributed by atoms with Gasteiger partial charge in [0.25, 0.3) is 0 Å². The molecule has 2 heterocycles. The second kappa shape index (κ2) is 6.43. The van der Waals surface area contributed by atoms with Crippen molar-refractivity contribution in [2.24, 2.45) is 0 Å². The van der Waals surface area contributed by atoms with Gasteiger partial charge >= 0.3 is 0 Å². The number of benzene rings is 2. The van der Waals surface area contributed by atoms with Crippen LogP contribution in [0.25, 0.3) is 0 Å². The van der Waals surface area contributed by atoms with Crippen LogP contribution in [0.3, 0.4) is 0 Å². The largest absolute Gasteiger partial charge is 0.493 e. The number of carbonyl (C=O) groups excluding carboxylic acids is 1. The van der Waals surface area contributed by atoms with Crippen molar-refractivity contribution >= 4 is 5.91 Å². The molecule has 0 aliphatic carbocycles. The minimum atomic E-state index is 0.0503. The lowest BCUT2D eigenvalue weighted by Gasteiger charge is -2.25. The average molecular weight is 325 g/mol. The Balaban J connectivity index is 1.36. The minimum absolute atomic E-state index is 0.0503. The molecule has 0 bridgehead atoms. The fraction of sp³-hybridized carbons (Fsp3) is 0.316. The van der Waals surface area contributed by atoms with Gasteiger partial charge in [0.2, 0.25) is 12.7 Å². The third-order valence-corrected chi connectivity index (χ3v) is 4.44.